The molecule has 0 aromatic heterocycles. The van der Waals surface area contributed by atoms with E-state index in [2.05, 4.69) is 4.90 Å². The van der Waals surface area contributed by atoms with Gasteiger partial charge >= 0.3 is 0 Å². The highest BCUT2D eigenvalue weighted by atomic mass is 19.1. The summed E-state index contributed by atoms with van der Waals surface area (Å²) in [6.07, 6.45) is 3.36. The SMILES string of the molecule is COc1c(F)ccc(CN2CCCC23CCCN(Cc2ccccc2)C3=O)c1F. The summed E-state index contributed by atoms with van der Waals surface area (Å²) in [6.45, 7) is 2.33. The molecule has 2 aromatic carbocycles. The molecule has 2 heterocycles. The molecule has 29 heavy (non-hydrogen) atoms. The average Bonchev–Trinajstić information content (AvgIpc) is 3.12. The molecule has 1 unspecified atom stereocenters. The van der Waals surface area contributed by atoms with Gasteiger partial charge in [0.1, 0.15) is 5.54 Å². The number of nitrogens with zero attached hydrogens (tertiary/aromatic N) is 2. The summed E-state index contributed by atoms with van der Waals surface area (Å²) >= 11 is 0. The number of halogens is 2. The first-order chi connectivity index (χ1) is 14.0. The van der Waals surface area contributed by atoms with Crippen molar-refractivity contribution < 1.29 is 18.3 Å². The van der Waals surface area contributed by atoms with Gasteiger partial charge in [0.15, 0.2) is 17.4 Å². The molecule has 2 aliphatic rings. The topological polar surface area (TPSA) is 32.8 Å². The lowest BCUT2D eigenvalue weighted by atomic mass is 9.85. The van der Waals surface area contributed by atoms with Gasteiger partial charge in [-0.2, -0.15) is 0 Å². The summed E-state index contributed by atoms with van der Waals surface area (Å²) in [7, 11) is 1.26. The first-order valence-electron chi connectivity index (χ1n) is 10.1. The molecule has 0 N–H and O–H groups in total. The maximum Gasteiger partial charge on any atom is 0.243 e. The van der Waals surface area contributed by atoms with Crippen LogP contribution in [-0.4, -0.2) is 41.4 Å². The van der Waals surface area contributed by atoms with Crippen LogP contribution < -0.4 is 4.74 Å². The molecule has 154 valence electrons. The number of likely N-dealkylation sites (tertiary alicyclic amines) is 2. The predicted molar refractivity (Wildman–Crippen MR) is 106 cm³/mol. The van der Waals surface area contributed by atoms with Crippen molar-refractivity contribution in [2.75, 3.05) is 20.2 Å². The van der Waals surface area contributed by atoms with E-state index >= 15 is 0 Å². The Morgan fingerprint density at radius 3 is 2.45 bits per heavy atom. The fourth-order valence-corrected chi connectivity index (χ4v) is 4.80. The van der Waals surface area contributed by atoms with E-state index in [1.807, 2.05) is 35.2 Å². The molecule has 1 amide bonds. The Bertz CT molecular complexity index is 890. The first kappa shape index (κ1) is 19.8. The van der Waals surface area contributed by atoms with Gasteiger partial charge in [-0.05, 0) is 43.9 Å². The molecule has 6 heteroatoms. The fraction of sp³-hybridized carbons (Fsp3) is 0.435. The standard InChI is InChI=1S/C23H26F2N2O2/c1-29-21-19(24)10-9-18(20(21)25)16-27-14-6-12-23(27)11-5-13-26(22(23)28)15-17-7-3-2-4-8-17/h2-4,7-10H,5-6,11-16H2,1H3. The van der Waals surface area contributed by atoms with Crippen molar-refractivity contribution in [1.82, 2.24) is 9.80 Å². The largest absolute Gasteiger partial charge is 0.491 e. The van der Waals surface area contributed by atoms with Crippen molar-refractivity contribution >= 4 is 5.91 Å². The van der Waals surface area contributed by atoms with Crippen LogP contribution in [0.3, 0.4) is 0 Å². The van der Waals surface area contributed by atoms with Crippen molar-refractivity contribution in [1.29, 1.82) is 0 Å². The minimum absolute atomic E-state index is 0.125. The van der Waals surface area contributed by atoms with E-state index in [9.17, 15) is 13.6 Å². The Morgan fingerprint density at radius 1 is 1.00 bits per heavy atom. The smallest absolute Gasteiger partial charge is 0.243 e. The third-order valence-electron chi connectivity index (χ3n) is 6.24. The number of hydrogen-bond acceptors (Lipinski definition) is 3. The Balaban J connectivity index is 1.57. The number of rotatable bonds is 5. The Labute approximate surface area is 170 Å². The van der Waals surface area contributed by atoms with Gasteiger partial charge in [-0.25, -0.2) is 8.78 Å². The van der Waals surface area contributed by atoms with Crippen molar-refractivity contribution in [2.24, 2.45) is 0 Å². The van der Waals surface area contributed by atoms with Gasteiger partial charge in [0.25, 0.3) is 0 Å². The van der Waals surface area contributed by atoms with Gasteiger partial charge in [0, 0.05) is 25.2 Å². The molecule has 2 aromatic rings. The van der Waals surface area contributed by atoms with Gasteiger partial charge in [-0.1, -0.05) is 36.4 Å². The van der Waals surface area contributed by atoms with Crippen molar-refractivity contribution in [3.05, 3.63) is 65.2 Å². The summed E-state index contributed by atoms with van der Waals surface area (Å²) in [5.74, 6) is -1.64. The minimum atomic E-state index is -0.715. The number of methoxy groups -OCH3 is 1. The monoisotopic (exact) mass is 400 g/mol. The van der Waals surface area contributed by atoms with Gasteiger partial charge in [-0.15, -0.1) is 0 Å². The second-order valence-corrected chi connectivity index (χ2v) is 7.93. The van der Waals surface area contributed by atoms with E-state index in [0.29, 0.717) is 12.1 Å². The van der Waals surface area contributed by atoms with E-state index in [-0.39, 0.29) is 18.2 Å². The van der Waals surface area contributed by atoms with Crippen LogP contribution in [0.2, 0.25) is 0 Å². The Hall–Kier alpha value is -2.47. The summed E-state index contributed by atoms with van der Waals surface area (Å²) in [5, 5.41) is 0. The highest BCUT2D eigenvalue weighted by Gasteiger charge is 2.50. The van der Waals surface area contributed by atoms with Gasteiger partial charge in [0.05, 0.1) is 7.11 Å². The average molecular weight is 400 g/mol. The summed E-state index contributed by atoms with van der Waals surface area (Å²) in [6, 6.07) is 12.7. The number of carbonyl (C=O) groups excluding carboxylic acids is 1. The first-order valence-corrected chi connectivity index (χ1v) is 10.1. The van der Waals surface area contributed by atoms with E-state index < -0.39 is 17.2 Å². The van der Waals surface area contributed by atoms with Crippen LogP contribution in [0.25, 0.3) is 0 Å². The van der Waals surface area contributed by atoms with Gasteiger partial charge in [-0.3, -0.25) is 9.69 Å². The molecular weight excluding hydrogens is 374 g/mol. The predicted octanol–water partition coefficient (Wildman–Crippen LogP) is 4.13. The van der Waals surface area contributed by atoms with Gasteiger partial charge in [0.2, 0.25) is 5.91 Å². The quantitative estimate of drug-likeness (QED) is 0.757. The Kier molecular flexibility index (Phi) is 5.54. The number of amides is 1. The third-order valence-corrected chi connectivity index (χ3v) is 6.24. The zero-order valence-electron chi connectivity index (χ0n) is 16.7. The van der Waals surface area contributed by atoms with Crippen molar-refractivity contribution in [3.8, 4) is 5.75 Å². The van der Waals surface area contributed by atoms with Crippen LogP contribution in [0.15, 0.2) is 42.5 Å². The summed E-state index contributed by atoms with van der Waals surface area (Å²) < 4.78 is 33.4. The second-order valence-electron chi connectivity index (χ2n) is 7.93. The molecule has 2 fully saturated rings. The maximum absolute atomic E-state index is 14.7. The van der Waals surface area contributed by atoms with Crippen LogP contribution >= 0.6 is 0 Å². The fourth-order valence-electron chi connectivity index (χ4n) is 4.80. The number of piperidine rings is 1. The van der Waals surface area contributed by atoms with Crippen molar-refractivity contribution in [2.45, 2.75) is 44.3 Å². The molecule has 0 aliphatic carbocycles. The maximum atomic E-state index is 14.7. The molecule has 4 nitrogen and oxygen atoms in total. The zero-order chi connectivity index (χ0) is 20.4. The highest BCUT2D eigenvalue weighted by Crippen LogP contribution is 2.40. The van der Waals surface area contributed by atoms with Gasteiger partial charge < -0.3 is 9.64 Å². The number of hydrogen-bond donors (Lipinski definition) is 0. The molecule has 0 radical (unpaired) electrons. The third kappa shape index (κ3) is 3.62. The highest BCUT2D eigenvalue weighted by molar-refractivity contribution is 5.87. The van der Waals surface area contributed by atoms with Crippen LogP contribution in [0, 0.1) is 11.6 Å². The molecule has 2 saturated heterocycles. The molecule has 1 atom stereocenters. The van der Waals surface area contributed by atoms with Crippen LogP contribution in [0.1, 0.15) is 36.8 Å². The van der Waals surface area contributed by atoms with E-state index in [4.69, 9.17) is 4.74 Å². The second kappa shape index (κ2) is 8.11. The summed E-state index contributed by atoms with van der Waals surface area (Å²) in [4.78, 5) is 17.5. The van der Waals surface area contributed by atoms with E-state index in [1.165, 1.54) is 19.2 Å². The zero-order valence-corrected chi connectivity index (χ0v) is 16.7. The molecule has 4 rings (SSSR count). The molecule has 0 saturated carbocycles. The lowest BCUT2D eigenvalue weighted by Gasteiger charge is -2.44. The Morgan fingerprint density at radius 2 is 1.72 bits per heavy atom. The van der Waals surface area contributed by atoms with Crippen LogP contribution in [0.4, 0.5) is 8.78 Å². The molecular formula is C23H26F2N2O2. The lowest BCUT2D eigenvalue weighted by molar-refractivity contribution is -0.148. The minimum Gasteiger partial charge on any atom is -0.491 e. The van der Waals surface area contributed by atoms with E-state index in [0.717, 1.165) is 44.3 Å². The number of ether oxygens (including phenoxy) is 1. The normalized spacial score (nSPS) is 22.4. The molecule has 1 spiro atoms. The van der Waals surface area contributed by atoms with Crippen LogP contribution in [-0.2, 0) is 17.9 Å². The lowest BCUT2D eigenvalue weighted by Crippen LogP contribution is -2.59. The van der Waals surface area contributed by atoms with Crippen LogP contribution in [0.5, 0.6) is 5.75 Å². The van der Waals surface area contributed by atoms with E-state index in [1.54, 1.807) is 0 Å². The summed E-state index contributed by atoms with van der Waals surface area (Å²) in [5.41, 5.74) is 0.871. The number of benzene rings is 2. The number of carbonyl (C=O) groups is 1. The molecule has 0 bridgehead atoms. The molecule has 2 aliphatic heterocycles. The van der Waals surface area contributed by atoms with Crippen molar-refractivity contribution in [3.63, 3.8) is 0 Å².